The zero-order valence-corrected chi connectivity index (χ0v) is 16.1. The van der Waals surface area contributed by atoms with Gasteiger partial charge in [0.15, 0.2) is 0 Å². The summed E-state index contributed by atoms with van der Waals surface area (Å²) in [6, 6.07) is 0. The lowest BCUT2D eigenvalue weighted by atomic mass is 10.0. The van der Waals surface area contributed by atoms with Crippen molar-refractivity contribution in [2.75, 3.05) is 12.9 Å². The maximum Gasteiger partial charge on any atom is 0.466 e. The monoisotopic (exact) mass is 435 g/mol. The van der Waals surface area contributed by atoms with Crippen molar-refractivity contribution in [2.45, 2.75) is 42.7 Å². The third-order valence-electron chi connectivity index (χ3n) is 3.15. The molecule has 0 aromatic carbocycles. The number of allylic oxidation sites excluding steroid dienone is 1. The molecule has 0 amide bonds. The maximum atomic E-state index is 11.0. The van der Waals surface area contributed by atoms with Gasteiger partial charge in [0.1, 0.15) is 34.9 Å². The van der Waals surface area contributed by atoms with Crippen LogP contribution in [0.2, 0.25) is 0 Å². The van der Waals surface area contributed by atoms with Crippen molar-refractivity contribution < 1.29 is 46.6 Å². The second-order valence-corrected chi connectivity index (χ2v) is 8.66. The summed E-state index contributed by atoms with van der Waals surface area (Å²) in [4.78, 5) is 0. The van der Waals surface area contributed by atoms with E-state index in [2.05, 4.69) is 9.44 Å². The Balaban J connectivity index is 2.87. The molecule has 26 heavy (non-hydrogen) atoms. The van der Waals surface area contributed by atoms with Crippen molar-refractivity contribution in [3.63, 3.8) is 0 Å². The van der Waals surface area contributed by atoms with Crippen LogP contribution >= 0.6 is 11.8 Å². The van der Waals surface area contributed by atoms with Gasteiger partial charge in [0.05, 0.1) is 6.61 Å². The van der Waals surface area contributed by atoms with Crippen LogP contribution in [0, 0.1) is 0 Å². The van der Waals surface area contributed by atoms with Crippen LogP contribution in [0.4, 0.5) is 0 Å². The van der Waals surface area contributed by atoms with Crippen molar-refractivity contribution in [3.05, 3.63) is 11.5 Å². The minimum absolute atomic E-state index is 0.0292. The minimum Gasteiger partial charge on any atom is -0.394 e. The van der Waals surface area contributed by atoms with Gasteiger partial charge in [0, 0.05) is 23.5 Å². The van der Waals surface area contributed by atoms with Crippen molar-refractivity contribution >= 4 is 38.0 Å². The highest BCUT2D eigenvalue weighted by Gasteiger charge is 2.44. The Morgan fingerprint density at radius 1 is 1.31 bits per heavy atom. The van der Waals surface area contributed by atoms with Crippen LogP contribution < -0.4 is 0 Å². The SMILES string of the molecule is CS(=O)/C=C/CC/C(=N/OS(=O)(=O)O)S[C@@H]1O[C@H](CO)[C@@H](O)[C@H](O)[C@H]1O. The van der Waals surface area contributed by atoms with Crippen molar-refractivity contribution in [3.8, 4) is 0 Å². The second-order valence-electron chi connectivity index (χ2n) is 5.21. The molecule has 152 valence electrons. The third kappa shape index (κ3) is 7.98. The first-order chi connectivity index (χ1) is 12.0. The van der Waals surface area contributed by atoms with E-state index in [9.17, 15) is 27.9 Å². The molecule has 1 aliphatic rings. The summed E-state index contributed by atoms with van der Waals surface area (Å²) in [5, 5.41) is 43.3. The molecule has 11 nitrogen and oxygen atoms in total. The molecule has 14 heteroatoms. The van der Waals surface area contributed by atoms with E-state index in [4.69, 9.17) is 14.4 Å². The molecule has 0 spiro atoms. The minimum atomic E-state index is -4.85. The van der Waals surface area contributed by atoms with Gasteiger partial charge in [-0.1, -0.05) is 23.0 Å². The number of thioether (sulfide) groups is 1. The largest absolute Gasteiger partial charge is 0.466 e. The predicted molar refractivity (Wildman–Crippen MR) is 93.9 cm³/mol. The lowest BCUT2D eigenvalue weighted by molar-refractivity contribution is -0.205. The van der Waals surface area contributed by atoms with Crippen LogP contribution in [0.1, 0.15) is 12.8 Å². The summed E-state index contributed by atoms with van der Waals surface area (Å²) in [5.74, 6) is 0. The normalized spacial score (nSPS) is 31.9. The Hall–Kier alpha value is -0.580. The van der Waals surface area contributed by atoms with Crippen LogP contribution in [-0.2, 0) is 30.2 Å². The maximum absolute atomic E-state index is 11.0. The van der Waals surface area contributed by atoms with Gasteiger partial charge in [-0.15, -0.1) is 0 Å². The zero-order chi connectivity index (χ0) is 19.9. The summed E-state index contributed by atoms with van der Waals surface area (Å²) < 4.78 is 50.2. The van der Waals surface area contributed by atoms with E-state index >= 15 is 0 Å². The van der Waals surface area contributed by atoms with Gasteiger partial charge in [-0.05, 0) is 11.8 Å². The van der Waals surface area contributed by atoms with Crippen LogP contribution in [0.3, 0.4) is 0 Å². The summed E-state index contributed by atoms with van der Waals surface area (Å²) >= 11 is 0.683. The molecule has 0 bridgehead atoms. The third-order valence-corrected chi connectivity index (χ3v) is 5.16. The van der Waals surface area contributed by atoms with E-state index in [0.29, 0.717) is 11.8 Å². The molecule has 1 fully saturated rings. The molecule has 0 radical (unpaired) electrons. The molecule has 0 aromatic rings. The molecule has 1 saturated heterocycles. The van der Waals surface area contributed by atoms with Gasteiger partial charge >= 0.3 is 10.4 Å². The first-order valence-corrected chi connectivity index (χ1v) is 11.1. The Labute approximate surface area is 157 Å². The van der Waals surface area contributed by atoms with Crippen LogP contribution in [0.5, 0.6) is 0 Å². The fourth-order valence-electron chi connectivity index (χ4n) is 1.92. The number of aliphatic hydroxyl groups is 4. The highest BCUT2D eigenvalue weighted by Crippen LogP contribution is 2.30. The predicted octanol–water partition coefficient (Wildman–Crippen LogP) is -1.68. The highest BCUT2D eigenvalue weighted by molar-refractivity contribution is 8.14. The Kier molecular flexibility index (Phi) is 9.63. The van der Waals surface area contributed by atoms with E-state index in [0.717, 1.165) is 0 Å². The smallest absolute Gasteiger partial charge is 0.394 e. The molecule has 6 atom stereocenters. The number of rotatable bonds is 8. The number of aliphatic hydroxyl groups excluding tert-OH is 4. The van der Waals surface area contributed by atoms with E-state index in [1.54, 1.807) is 6.08 Å². The highest BCUT2D eigenvalue weighted by atomic mass is 32.3. The van der Waals surface area contributed by atoms with E-state index in [-0.39, 0.29) is 17.9 Å². The average molecular weight is 435 g/mol. The van der Waals surface area contributed by atoms with Gasteiger partial charge in [-0.2, -0.15) is 8.42 Å². The number of oxime groups is 1. The Morgan fingerprint density at radius 2 is 1.96 bits per heavy atom. The Morgan fingerprint density at radius 3 is 2.50 bits per heavy atom. The number of hydrogen-bond donors (Lipinski definition) is 5. The fraction of sp³-hybridized carbons (Fsp3) is 0.750. The van der Waals surface area contributed by atoms with Crippen molar-refractivity contribution in [2.24, 2.45) is 5.16 Å². The first kappa shape index (κ1) is 23.5. The molecule has 5 N–H and O–H groups in total. The Bertz CT molecular complexity index is 635. The summed E-state index contributed by atoms with van der Waals surface area (Å²) in [6.45, 7) is -0.624. The standard InChI is InChI=1S/C12H21NO10S3/c1-25(18)5-3-2-4-8(13-23-26(19,20)21)24-12-11(17)10(16)9(15)7(6-14)22-12/h3,5,7,9-12,14-17H,2,4,6H2,1H3,(H,19,20,21)/b5-3+,13-8-/t7-,9-,10+,11-,12+,25?/m1/s1. The summed E-state index contributed by atoms with van der Waals surface area (Å²) in [5.41, 5.74) is -1.20. The lowest BCUT2D eigenvalue weighted by Crippen LogP contribution is -2.57. The second kappa shape index (κ2) is 10.7. The van der Waals surface area contributed by atoms with E-state index in [1.165, 1.54) is 11.7 Å². The molecular weight excluding hydrogens is 414 g/mol. The molecular formula is C12H21NO10S3. The molecule has 1 unspecified atom stereocenters. The molecule has 1 heterocycles. The quantitative estimate of drug-likeness (QED) is 0.127. The fourth-order valence-corrected chi connectivity index (χ4v) is 3.65. The van der Waals surface area contributed by atoms with Crippen molar-refractivity contribution in [1.29, 1.82) is 0 Å². The lowest BCUT2D eigenvalue weighted by Gasteiger charge is -2.39. The van der Waals surface area contributed by atoms with Crippen LogP contribution in [0.25, 0.3) is 0 Å². The van der Waals surface area contributed by atoms with Gasteiger partial charge < -0.3 is 25.2 Å². The summed E-state index contributed by atoms with van der Waals surface area (Å²) in [7, 11) is -6.03. The van der Waals surface area contributed by atoms with Gasteiger partial charge in [0.2, 0.25) is 0 Å². The van der Waals surface area contributed by atoms with Crippen LogP contribution in [0.15, 0.2) is 16.6 Å². The topological polar surface area (TPSA) is 183 Å². The average Bonchev–Trinajstić information content (AvgIpc) is 2.55. The van der Waals surface area contributed by atoms with Gasteiger partial charge in [-0.3, -0.25) is 8.76 Å². The van der Waals surface area contributed by atoms with Crippen LogP contribution in [-0.4, -0.2) is 85.4 Å². The summed E-state index contributed by atoms with van der Waals surface area (Å²) in [6.07, 6.45) is -2.50. The van der Waals surface area contributed by atoms with Gasteiger partial charge in [-0.25, -0.2) is 4.28 Å². The molecule has 0 aliphatic carbocycles. The first-order valence-electron chi connectivity index (χ1n) is 7.24. The number of hydrogen-bond acceptors (Lipinski definition) is 11. The number of ether oxygens (including phenoxy) is 1. The number of nitrogens with zero attached hydrogens (tertiary/aromatic N) is 1. The van der Waals surface area contributed by atoms with Gasteiger partial charge in [0.25, 0.3) is 0 Å². The molecule has 0 aromatic heterocycles. The van der Waals surface area contributed by atoms with E-state index in [1.807, 2.05) is 0 Å². The molecule has 0 saturated carbocycles. The molecule has 1 aliphatic heterocycles. The zero-order valence-electron chi connectivity index (χ0n) is 13.6. The van der Waals surface area contributed by atoms with Crippen molar-refractivity contribution in [1.82, 2.24) is 0 Å². The van der Waals surface area contributed by atoms with E-state index < -0.39 is 57.7 Å². The molecule has 1 rings (SSSR count).